The van der Waals surface area contributed by atoms with Crippen LogP contribution in [0.4, 0.5) is 0 Å². The van der Waals surface area contributed by atoms with Gasteiger partial charge in [0.15, 0.2) is 0 Å². The fourth-order valence-corrected chi connectivity index (χ4v) is 2.25. The first-order chi connectivity index (χ1) is 6.80. The molecule has 0 saturated heterocycles. The minimum Gasteiger partial charge on any atom is -0.481 e. The molecule has 1 unspecified atom stereocenters. The molecule has 1 N–H and O–H groups in total. The average Bonchev–Trinajstić information content (AvgIpc) is 2.51. The maximum absolute atomic E-state index is 10.7. The second kappa shape index (κ2) is 4.31. The Morgan fingerprint density at radius 3 is 2.60 bits per heavy atom. The summed E-state index contributed by atoms with van der Waals surface area (Å²) in [6.45, 7) is 8.02. The lowest BCUT2D eigenvalue weighted by molar-refractivity contribution is -0.141. The summed E-state index contributed by atoms with van der Waals surface area (Å²) in [6.07, 6.45) is 0.524. The van der Waals surface area contributed by atoms with E-state index in [1.54, 1.807) is 18.3 Å². The van der Waals surface area contributed by atoms with E-state index in [0.717, 1.165) is 10.7 Å². The van der Waals surface area contributed by atoms with Crippen LogP contribution >= 0.6 is 11.3 Å². The Balaban J connectivity index is 2.73. The van der Waals surface area contributed by atoms with Gasteiger partial charge < -0.3 is 5.11 Å². The lowest BCUT2D eigenvalue weighted by Crippen LogP contribution is -2.14. The quantitative estimate of drug-likeness (QED) is 0.863. The third kappa shape index (κ3) is 3.30. The summed E-state index contributed by atoms with van der Waals surface area (Å²) in [5, 5.41) is 11.7. The van der Waals surface area contributed by atoms with Crippen molar-refractivity contribution in [1.29, 1.82) is 0 Å². The molecule has 0 bridgehead atoms. The van der Waals surface area contributed by atoms with Crippen LogP contribution in [0.25, 0.3) is 0 Å². The zero-order valence-corrected chi connectivity index (χ0v) is 10.4. The molecule has 1 atom stereocenters. The van der Waals surface area contributed by atoms with Gasteiger partial charge in [0.1, 0.15) is 0 Å². The number of nitrogens with zero attached hydrogens (tertiary/aromatic N) is 1. The number of carboxylic acid groups (broad SMARTS) is 1. The van der Waals surface area contributed by atoms with E-state index in [4.69, 9.17) is 5.11 Å². The highest BCUT2D eigenvalue weighted by molar-refractivity contribution is 7.09. The number of carbonyl (C=O) groups is 1. The van der Waals surface area contributed by atoms with Gasteiger partial charge in [0.2, 0.25) is 0 Å². The molecule has 1 heterocycles. The van der Waals surface area contributed by atoms with Gasteiger partial charge in [-0.05, 0) is 0 Å². The molecule has 84 valence electrons. The second-order valence-electron chi connectivity index (χ2n) is 4.82. The number of thiazole rings is 1. The van der Waals surface area contributed by atoms with Crippen molar-refractivity contribution < 1.29 is 9.90 Å². The van der Waals surface area contributed by atoms with Crippen molar-refractivity contribution in [3.63, 3.8) is 0 Å². The third-order valence-electron chi connectivity index (χ3n) is 2.22. The van der Waals surface area contributed by atoms with Crippen molar-refractivity contribution in [3.05, 3.63) is 16.1 Å². The summed E-state index contributed by atoms with van der Waals surface area (Å²) in [6, 6.07) is 0. The zero-order chi connectivity index (χ0) is 11.6. The van der Waals surface area contributed by atoms with E-state index in [2.05, 4.69) is 25.8 Å². The van der Waals surface area contributed by atoms with E-state index in [1.807, 2.05) is 5.38 Å². The van der Waals surface area contributed by atoms with Gasteiger partial charge in [0.05, 0.1) is 16.6 Å². The Morgan fingerprint density at radius 2 is 2.20 bits per heavy atom. The van der Waals surface area contributed by atoms with Crippen LogP contribution in [0.5, 0.6) is 0 Å². The molecule has 1 rings (SSSR count). The van der Waals surface area contributed by atoms with Crippen molar-refractivity contribution in [3.8, 4) is 0 Å². The van der Waals surface area contributed by atoms with E-state index >= 15 is 0 Å². The van der Waals surface area contributed by atoms with E-state index < -0.39 is 5.97 Å². The predicted octanol–water partition coefficient (Wildman–Crippen LogP) is 2.70. The van der Waals surface area contributed by atoms with Crippen LogP contribution in [-0.4, -0.2) is 16.1 Å². The van der Waals surface area contributed by atoms with Crippen LogP contribution in [0.15, 0.2) is 5.38 Å². The van der Waals surface area contributed by atoms with Crippen LogP contribution in [-0.2, 0) is 16.6 Å². The Morgan fingerprint density at radius 1 is 1.60 bits per heavy atom. The van der Waals surface area contributed by atoms with Crippen LogP contribution in [0.1, 0.15) is 38.4 Å². The van der Waals surface area contributed by atoms with Gasteiger partial charge >= 0.3 is 5.97 Å². The fourth-order valence-electron chi connectivity index (χ4n) is 1.10. The minimum absolute atomic E-state index is 0.0429. The van der Waals surface area contributed by atoms with Gasteiger partial charge in [-0.2, -0.15) is 0 Å². The predicted molar refractivity (Wildman–Crippen MR) is 61.3 cm³/mol. The Bertz CT molecular complexity index is 352. The number of rotatable bonds is 3. The third-order valence-corrected chi connectivity index (χ3v) is 3.09. The van der Waals surface area contributed by atoms with Crippen molar-refractivity contribution >= 4 is 17.3 Å². The SMILES string of the molecule is CC(Cc1nc(C(C)(C)C)cs1)C(=O)O. The minimum atomic E-state index is -0.762. The largest absolute Gasteiger partial charge is 0.481 e. The number of hydrogen-bond acceptors (Lipinski definition) is 3. The molecule has 0 radical (unpaired) electrons. The highest BCUT2D eigenvalue weighted by Gasteiger charge is 2.19. The van der Waals surface area contributed by atoms with Crippen molar-refractivity contribution in [1.82, 2.24) is 4.98 Å². The zero-order valence-electron chi connectivity index (χ0n) is 9.57. The highest BCUT2D eigenvalue weighted by Crippen LogP contribution is 2.25. The summed E-state index contributed by atoms with van der Waals surface area (Å²) in [5.74, 6) is -1.12. The maximum Gasteiger partial charge on any atom is 0.306 e. The maximum atomic E-state index is 10.7. The molecule has 15 heavy (non-hydrogen) atoms. The molecule has 0 amide bonds. The average molecular weight is 227 g/mol. The normalized spacial score (nSPS) is 13.9. The Labute approximate surface area is 94.2 Å². The molecule has 0 fully saturated rings. The monoisotopic (exact) mass is 227 g/mol. The van der Waals surface area contributed by atoms with Gasteiger partial charge in [-0.1, -0.05) is 27.7 Å². The first kappa shape index (κ1) is 12.2. The summed E-state index contributed by atoms with van der Waals surface area (Å²) in [7, 11) is 0. The molecule has 3 nitrogen and oxygen atoms in total. The van der Waals surface area contributed by atoms with Crippen LogP contribution in [0.2, 0.25) is 0 Å². The fraction of sp³-hybridized carbons (Fsp3) is 0.636. The van der Waals surface area contributed by atoms with Gasteiger partial charge in [-0.25, -0.2) is 4.98 Å². The van der Waals surface area contributed by atoms with Gasteiger partial charge in [0.25, 0.3) is 0 Å². The molecule has 0 aromatic carbocycles. The number of aromatic nitrogens is 1. The van der Waals surface area contributed by atoms with E-state index in [1.165, 1.54) is 0 Å². The first-order valence-corrected chi connectivity index (χ1v) is 5.86. The molecule has 0 aliphatic carbocycles. The van der Waals surface area contributed by atoms with Crippen LogP contribution < -0.4 is 0 Å². The van der Waals surface area contributed by atoms with Crippen molar-refractivity contribution in [2.75, 3.05) is 0 Å². The molecule has 0 saturated carbocycles. The van der Waals surface area contributed by atoms with E-state index in [0.29, 0.717) is 6.42 Å². The summed E-state index contributed by atoms with van der Waals surface area (Å²) in [4.78, 5) is 15.1. The summed E-state index contributed by atoms with van der Waals surface area (Å²) in [5.41, 5.74) is 1.08. The molecule has 0 spiro atoms. The summed E-state index contributed by atoms with van der Waals surface area (Å²) < 4.78 is 0. The molecule has 0 aliphatic rings. The van der Waals surface area contributed by atoms with Crippen LogP contribution in [0, 0.1) is 5.92 Å². The van der Waals surface area contributed by atoms with Crippen molar-refractivity contribution in [2.24, 2.45) is 5.92 Å². The smallest absolute Gasteiger partial charge is 0.306 e. The van der Waals surface area contributed by atoms with Crippen LogP contribution in [0.3, 0.4) is 0 Å². The van der Waals surface area contributed by atoms with Gasteiger partial charge in [-0.15, -0.1) is 11.3 Å². The molecular formula is C11H17NO2S. The second-order valence-corrected chi connectivity index (χ2v) is 5.76. The van der Waals surface area contributed by atoms with E-state index in [9.17, 15) is 4.79 Å². The molecular weight excluding hydrogens is 210 g/mol. The Hall–Kier alpha value is -0.900. The highest BCUT2D eigenvalue weighted by atomic mass is 32.1. The van der Waals surface area contributed by atoms with E-state index in [-0.39, 0.29) is 11.3 Å². The van der Waals surface area contributed by atoms with Gasteiger partial charge in [-0.3, -0.25) is 4.79 Å². The summed E-state index contributed by atoms with van der Waals surface area (Å²) >= 11 is 1.55. The standard InChI is InChI=1S/C11H17NO2S/c1-7(10(13)14)5-9-12-8(6-15-9)11(2,3)4/h6-7H,5H2,1-4H3,(H,13,14). The number of carboxylic acids is 1. The lowest BCUT2D eigenvalue weighted by Gasteiger charge is -2.14. The van der Waals surface area contributed by atoms with Gasteiger partial charge in [0, 0.05) is 17.2 Å². The number of hydrogen-bond donors (Lipinski definition) is 1. The molecule has 1 aromatic heterocycles. The number of aliphatic carboxylic acids is 1. The Kier molecular flexibility index (Phi) is 3.50. The molecule has 1 aromatic rings. The first-order valence-electron chi connectivity index (χ1n) is 4.98. The lowest BCUT2D eigenvalue weighted by atomic mass is 9.93. The topological polar surface area (TPSA) is 50.2 Å². The molecule has 0 aliphatic heterocycles. The van der Waals surface area contributed by atoms with Crippen molar-refractivity contribution in [2.45, 2.75) is 39.5 Å². The molecule has 4 heteroatoms.